The second kappa shape index (κ2) is 6.72. The van der Waals surface area contributed by atoms with Crippen molar-refractivity contribution in [2.45, 2.75) is 45.6 Å². The van der Waals surface area contributed by atoms with Gasteiger partial charge in [-0.15, -0.1) is 0 Å². The van der Waals surface area contributed by atoms with Crippen molar-refractivity contribution in [3.63, 3.8) is 0 Å². The molecule has 3 atom stereocenters. The summed E-state index contributed by atoms with van der Waals surface area (Å²) in [5.41, 5.74) is 1.46. The molecule has 0 spiro atoms. The molecule has 0 radical (unpaired) electrons. The summed E-state index contributed by atoms with van der Waals surface area (Å²) in [6.45, 7) is 5.70. The first-order valence-corrected chi connectivity index (χ1v) is 7.96. The molecule has 1 aliphatic rings. The van der Waals surface area contributed by atoms with Crippen molar-refractivity contribution in [2.75, 3.05) is 6.54 Å². The summed E-state index contributed by atoms with van der Waals surface area (Å²) in [5.74, 6) is 1.67. The van der Waals surface area contributed by atoms with E-state index >= 15 is 0 Å². The summed E-state index contributed by atoms with van der Waals surface area (Å²) in [7, 11) is 0. The van der Waals surface area contributed by atoms with Crippen LogP contribution in [0, 0.1) is 11.8 Å². The summed E-state index contributed by atoms with van der Waals surface area (Å²) in [4.78, 5) is 0. The lowest BCUT2D eigenvalue weighted by Gasteiger charge is -2.35. The average molecular weight is 310 g/mol. The number of hydrogen-bond acceptors (Lipinski definition) is 1. The van der Waals surface area contributed by atoms with Gasteiger partial charge in [0.15, 0.2) is 0 Å². The summed E-state index contributed by atoms with van der Waals surface area (Å²) in [6.07, 6.45) is 5.27. The van der Waals surface area contributed by atoms with E-state index in [2.05, 4.69) is 59.4 Å². The van der Waals surface area contributed by atoms with Crippen molar-refractivity contribution in [3.8, 4) is 0 Å². The van der Waals surface area contributed by atoms with Gasteiger partial charge in [-0.25, -0.2) is 0 Å². The lowest BCUT2D eigenvalue weighted by atomic mass is 9.76. The fourth-order valence-corrected chi connectivity index (χ4v) is 3.65. The summed E-state index contributed by atoms with van der Waals surface area (Å²) in [6, 6.07) is 9.36. The zero-order valence-corrected chi connectivity index (χ0v) is 13.0. The smallest absolute Gasteiger partial charge is 0.0207 e. The molecule has 18 heavy (non-hydrogen) atoms. The molecule has 2 rings (SSSR count). The van der Waals surface area contributed by atoms with Gasteiger partial charge >= 0.3 is 0 Å². The Labute approximate surface area is 119 Å². The summed E-state index contributed by atoms with van der Waals surface area (Å²) >= 11 is 3.68. The Kier molecular flexibility index (Phi) is 5.25. The van der Waals surface area contributed by atoms with Gasteiger partial charge in [0, 0.05) is 10.5 Å². The molecule has 1 aliphatic carbocycles. The molecule has 2 heteroatoms. The molecular formula is C16H24BrN. The second-order valence-electron chi connectivity index (χ2n) is 5.64. The molecule has 0 aromatic heterocycles. The number of hydrogen-bond donors (Lipinski definition) is 1. The van der Waals surface area contributed by atoms with Gasteiger partial charge in [0.2, 0.25) is 0 Å². The van der Waals surface area contributed by atoms with E-state index in [1.54, 1.807) is 0 Å². The Morgan fingerprint density at radius 1 is 1.28 bits per heavy atom. The zero-order chi connectivity index (χ0) is 13.0. The van der Waals surface area contributed by atoms with Gasteiger partial charge in [0.25, 0.3) is 0 Å². The Balaban J connectivity index is 2.06. The molecule has 0 heterocycles. The molecule has 0 saturated heterocycles. The van der Waals surface area contributed by atoms with Crippen LogP contribution >= 0.6 is 15.9 Å². The van der Waals surface area contributed by atoms with Crippen LogP contribution in [0.4, 0.5) is 0 Å². The number of benzene rings is 1. The maximum atomic E-state index is 3.68. The van der Waals surface area contributed by atoms with Gasteiger partial charge in [0.1, 0.15) is 0 Å². The molecular weight excluding hydrogens is 286 g/mol. The maximum Gasteiger partial charge on any atom is 0.0207 e. The van der Waals surface area contributed by atoms with Crippen molar-refractivity contribution in [1.29, 1.82) is 0 Å². The van der Waals surface area contributed by atoms with E-state index in [0.29, 0.717) is 6.04 Å². The van der Waals surface area contributed by atoms with E-state index in [-0.39, 0.29) is 0 Å². The lowest BCUT2D eigenvalue weighted by molar-refractivity contribution is 0.214. The summed E-state index contributed by atoms with van der Waals surface area (Å²) in [5, 5.41) is 3.68. The first kappa shape index (κ1) is 14.1. The van der Waals surface area contributed by atoms with E-state index < -0.39 is 0 Å². The van der Waals surface area contributed by atoms with Gasteiger partial charge in [-0.2, -0.15) is 0 Å². The van der Waals surface area contributed by atoms with Crippen molar-refractivity contribution in [2.24, 2.45) is 11.8 Å². The van der Waals surface area contributed by atoms with E-state index in [9.17, 15) is 0 Å². The fourth-order valence-electron chi connectivity index (χ4n) is 3.20. The standard InChI is InChI=1S/C16H24BrN/c1-3-18-16-9-8-12(2)10-14(16)11-13-6-4-5-7-15(13)17/h4-7,12,14,16,18H,3,8-11H2,1-2H3. The van der Waals surface area contributed by atoms with Crippen LogP contribution in [0.15, 0.2) is 28.7 Å². The summed E-state index contributed by atoms with van der Waals surface area (Å²) < 4.78 is 1.26. The predicted octanol–water partition coefficient (Wildman–Crippen LogP) is 4.41. The fraction of sp³-hybridized carbons (Fsp3) is 0.625. The van der Waals surface area contributed by atoms with E-state index in [1.165, 1.54) is 35.7 Å². The number of halogens is 1. The largest absolute Gasteiger partial charge is 0.314 e. The van der Waals surface area contributed by atoms with E-state index in [1.807, 2.05) is 0 Å². The minimum Gasteiger partial charge on any atom is -0.314 e. The molecule has 1 N–H and O–H groups in total. The molecule has 3 unspecified atom stereocenters. The minimum atomic E-state index is 0.707. The molecule has 0 amide bonds. The quantitative estimate of drug-likeness (QED) is 0.869. The van der Waals surface area contributed by atoms with Crippen molar-refractivity contribution in [3.05, 3.63) is 34.3 Å². The van der Waals surface area contributed by atoms with Crippen LogP contribution in [0.3, 0.4) is 0 Å². The zero-order valence-electron chi connectivity index (χ0n) is 11.5. The molecule has 1 aromatic carbocycles. The van der Waals surface area contributed by atoms with Gasteiger partial charge in [-0.3, -0.25) is 0 Å². The van der Waals surface area contributed by atoms with Crippen LogP contribution in [0.5, 0.6) is 0 Å². The van der Waals surface area contributed by atoms with Gasteiger partial charge in [0.05, 0.1) is 0 Å². The second-order valence-corrected chi connectivity index (χ2v) is 6.49. The number of rotatable bonds is 4. The van der Waals surface area contributed by atoms with Gasteiger partial charge in [-0.1, -0.05) is 48.0 Å². The molecule has 1 saturated carbocycles. The lowest BCUT2D eigenvalue weighted by Crippen LogP contribution is -2.41. The van der Waals surface area contributed by atoms with E-state index in [4.69, 9.17) is 0 Å². The van der Waals surface area contributed by atoms with Crippen LogP contribution in [0.2, 0.25) is 0 Å². The Morgan fingerprint density at radius 2 is 2.06 bits per heavy atom. The monoisotopic (exact) mass is 309 g/mol. The molecule has 100 valence electrons. The first-order valence-electron chi connectivity index (χ1n) is 7.17. The van der Waals surface area contributed by atoms with Crippen LogP contribution in [0.25, 0.3) is 0 Å². The third kappa shape index (κ3) is 3.58. The van der Waals surface area contributed by atoms with Crippen LogP contribution in [-0.4, -0.2) is 12.6 Å². The SMILES string of the molecule is CCNC1CCC(C)CC1Cc1ccccc1Br. The van der Waals surface area contributed by atoms with Gasteiger partial charge in [-0.05, 0) is 55.7 Å². The highest BCUT2D eigenvalue weighted by molar-refractivity contribution is 9.10. The third-order valence-corrected chi connectivity index (χ3v) is 4.92. The van der Waals surface area contributed by atoms with Crippen molar-refractivity contribution in [1.82, 2.24) is 5.32 Å². The highest BCUT2D eigenvalue weighted by atomic mass is 79.9. The third-order valence-electron chi connectivity index (χ3n) is 4.15. The predicted molar refractivity (Wildman–Crippen MR) is 81.8 cm³/mol. The van der Waals surface area contributed by atoms with Crippen LogP contribution < -0.4 is 5.32 Å². The molecule has 0 bridgehead atoms. The Hall–Kier alpha value is -0.340. The molecule has 1 fully saturated rings. The van der Waals surface area contributed by atoms with Crippen molar-refractivity contribution >= 4 is 15.9 Å². The molecule has 0 aliphatic heterocycles. The molecule has 1 aromatic rings. The van der Waals surface area contributed by atoms with Crippen LogP contribution in [0.1, 0.15) is 38.7 Å². The molecule has 1 nitrogen and oxygen atoms in total. The Bertz CT molecular complexity index is 377. The number of nitrogens with one attached hydrogen (secondary N) is 1. The van der Waals surface area contributed by atoms with E-state index in [0.717, 1.165) is 18.4 Å². The normalized spacial score (nSPS) is 28.3. The first-order chi connectivity index (χ1) is 8.70. The Morgan fingerprint density at radius 3 is 2.78 bits per heavy atom. The maximum absolute atomic E-state index is 3.68. The topological polar surface area (TPSA) is 12.0 Å². The average Bonchev–Trinajstić information content (AvgIpc) is 2.36. The van der Waals surface area contributed by atoms with Gasteiger partial charge < -0.3 is 5.32 Å². The minimum absolute atomic E-state index is 0.707. The highest BCUT2D eigenvalue weighted by Crippen LogP contribution is 2.32. The highest BCUT2D eigenvalue weighted by Gasteiger charge is 2.28. The van der Waals surface area contributed by atoms with Crippen LogP contribution in [-0.2, 0) is 6.42 Å². The van der Waals surface area contributed by atoms with Crippen molar-refractivity contribution < 1.29 is 0 Å².